The first kappa shape index (κ1) is 31.9. The van der Waals surface area contributed by atoms with E-state index in [1.165, 1.54) is 84.8 Å². The second-order valence-corrected chi connectivity index (χ2v) is 11.9. The van der Waals surface area contributed by atoms with Gasteiger partial charge in [-0.1, -0.05) is 37.6 Å². The molecule has 3 aromatic carbocycles. The third-order valence-corrected chi connectivity index (χ3v) is 8.73. The third kappa shape index (κ3) is 8.20. The summed E-state index contributed by atoms with van der Waals surface area (Å²) in [6, 6.07) is 16.5. The van der Waals surface area contributed by atoms with Crippen molar-refractivity contribution in [3.63, 3.8) is 0 Å². The second kappa shape index (κ2) is 14.3. The highest BCUT2D eigenvalue weighted by atomic mass is 35.5. The largest absolute Gasteiger partial charge is 0.497 e. The number of carbonyl (C=O) groups is 2. The van der Waals surface area contributed by atoms with Gasteiger partial charge in [0.2, 0.25) is 11.8 Å². The Morgan fingerprint density at radius 3 is 2.10 bits per heavy atom. The third-order valence-electron chi connectivity index (χ3n) is 6.69. The van der Waals surface area contributed by atoms with Gasteiger partial charge in [0.15, 0.2) is 0 Å². The normalized spacial score (nSPS) is 12.7. The monoisotopic (exact) mass is 603 g/mol. The van der Waals surface area contributed by atoms with Crippen LogP contribution in [0, 0.1) is 5.82 Å². The van der Waals surface area contributed by atoms with Crippen LogP contribution in [0.15, 0.2) is 77.7 Å². The first-order valence-electron chi connectivity index (χ1n) is 13.3. The number of carbonyl (C=O) groups excluding carboxylic acids is 2. The summed E-state index contributed by atoms with van der Waals surface area (Å²) in [6.45, 7) is 4.95. The van der Waals surface area contributed by atoms with Crippen LogP contribution in [0.4, 0.5) is 10.1 Å². The van der Waals surface area contributed by atoms with Gasteiger partial charge in [-0.3, -0.25) is 13.9 Å². The lowest BCUT2D eigenvalue weighted by molar-refractivity contribution is -0.140. The van der Waals surface area contributed by atoms with Gasteiger partial charge in [-0.05, 0) is 86.0 Å². The first-order valence-corrected chi connectivity index (χ1v) is 15.1. The number of nitrogens with zero attached hydrogens (tertiary/aromatic N) is 2. The lowest BCUT2D eigenvalue weighted by atomic mass is 10.1. The second-order valence-electron chi connectivity index (χ2n) is 9.55. The number of rotatable bonds is 13. The molecule has 11 heteroatoms. The molecule has 3 rings (SSSR count). The molecule has 0 saturated heterocycles. The van der Waals surface area contributed by atoms with E-state index in [9.17, 15) is 22.4 Å². The molecular formula is C30H35ClFN3O5S. The Labute approximate surface area is 246 Å². The molecule has 3 aromatic rings. The molecule has 0 fully saturated rings. The summed E-state index contributed by atoms with van der Waals surface area (Å²) in [4.78, 5) is 28.6. The van der Waals surface area contributed by atoms with Crippen LogP contribution in [0.2, 0.25) is 5.02 Å². The number of ether oxygens (including phenoxy) is 1. The number of nitrogens with one attached hydrogen (secondary N) is 1. The highest BCUT2D eigenvalue weighted by molar-refractivity contribution is 7.92. The number of sulfonamides is 1. The van der Waals surface area contributed by atoms with Crippen molar-refractivity contribution in [1.29, 1.82) is 0 Å². The summed E-state index contributed by atoms with van der Waals surface area (Å²) in [5.41, 5.74) is 0.808. The number of hydrogen-bond donors (Lipinski definition) is 1. The summed E-state index contributed by atoms with van der Waals surface area (Å²) in [5.74, 6) is -0.921. The maximum atomic E-state index is 14.0. The molecule has 0 bridgehead atoms. The van der Waals surface area contributed by atoms with Gasteiger partial charge in [0, 0.05) is 17.6 Å². The number of methoxy groups -OCH3 is 1. The summed E-state index contributed by atoms with van der Waals surface area (Å²) in [6.07, 6.45) is 0.972. The Morgan fingerprint density at radius 1 is 0.951 bits per heavy atom. The quantitative estimate of drug-likeness (QED) is 0.282. The Balaban J connectivity index is 2.05. The lowest BCUT2D eigenvalue weighted by Gasteiger charge is -2.33. The zero-order valence-electron chi connectivity index (χ0n) is 23.5. The van der Waals surface area contributed by atoms with Crippen LogP contribution in [0.5, 0.6) is 5.75 Å². The van der Waals surface area contributed by atoms with Crippen LogP contribution >= 0.6 is 11.6 Å². The summed E-state index contributed by atoms with van der Waals surface area (Å²) < 4.78 is 47.5. The van der Waals surface area contributed by atoms with Crippen molar-refractivity contribution in [1.82, 2.24) is 10.2 Å². The van der Waals surface area contributed by atoms with E-state index < -0.39 is 34.3 Å². The van der Waals surface area contributed by atoms with Crippen molar-refractivity contribution in [2.24, 2.45) is 0 Å². The van der Waals surface area contributed by atoms with Gasteiger partial charge in [0.25, 0.3) is 10.0 Å². The van der Waals surface area contributed by atoms with Crippen LogP contribution in [0.3, 0.4) is 0 Å². The highest BCUT2D eigenvalue weighted by Gasteiger charge is 2.34. The van der Waals surface area contributed by atoms with Gasteiger partial charge in [0.05, 0.1) is 17.7 Å². The molecule has 220 valence electrons. The molecule has 0 spiro atoms. The van der Waals surface area contributed by atoms with Gasteiger partial charge in [-0.25, -0.2) is 12.8 Å². The zero-order chi connectivity index (χ0) is 30.2. The Kier molecular flexibility index (Phi) is 11.1. The molecule has 0 aliphatic carbocycles. The van der Waals surface area contributed by atoms with Crippen molar-refractivity contribution >= 4 is 39.1 Å². The smallest absolute Gasteiger partial charge is 0.264 e. The molecule has 41 heavy (non-hydrogen) atoms. The predicted octanol–water partition coefficient (Wildman–Crippen LogP) is 5.41. The molecule has 2 atom stereocenters. The van der Waals surface area contributed by atoms with E-state index in [4.69, 9.17) is 16.3 Å². The van der Waals surface area contributed by atoms with Gasteiger partial charge in [-0.15, -0.1) is 0 Å². The van der Waals surface area contributed by atoms with Crippen molar-refractivity contribution in [2.45, 2.75) is 57.1 Å². The number of hydrogen-bond acceptors (Lipinski definition) is 5. The van der Waals surface area contributed by atoms with E-state index in [0.717, 1.165) is 4.31 Å². The average Bonchev–Trinajstić information content (AvgIpc) is 2.97. The number of anilines is 1. The molecule has 0 radical (unpaired) electrons. The highest BCUT2D eigenvalue weighted by Crippen LogP contribution is 2.27. The summed E-state index contributed by atoms with van der Waals surface area (Å²) >= 11 is 6.06. The van der Waals surface area contributed by atoms with Gasteiger partial charge < -0.3 is 15.0 Å². The molecule has 1 N–H and O–H groups in total. The van der Waals surface area contributed by atoms with Crippen molar-refractivity contribution in [3.05, 3.63) is 89.2 Å². The van der Waals surface area contributed by atoms with Crippen LogP contribution < -0.4 is 14.4 Å². The SMILES string of the molecule is CC[C@@H](C)NC(=O)[C@@H](CC)N(Cc1ccc(F)cc1)C(=O)CN(c1ccc(Cl)cc1)S(=O)(=O)c1ccc(OC)cc1. The van der Waals surface area contributed by atoms with Gasteiger partial charge >= 0.3 is 0 Å². The summed E-state index contributed by atoms with van der Waals surface area (Å²) in [7, 11) is -2.77. The van der Waals surface area contributed by atoms with Gasteiger partial charge in [0.1, 0.15) is 24.2 Å². The fourth-order valence-electron chi connectivity index (χ4n) is 4.16. The Morgan fingerprint density at radius 2 is 1.56 bits per heavy atom. The van der Waals surface area contributed by atoms with E-state index in [1.807, 2.05) is 13.8 Å². The minimum Gasteiger partial charge on any atom is -0.497 e. The van der Waals surface area contributed by atoms with Crippen molar-refractivity contribution in [2.75, 3.05) is 18.0 Å². The molecule has 0 aromatic heterocycles. The number of amides is 2. The predicted molar refractivity (Wildman–Crippen MR) is 158 cm³/mol. The minimum atomic E-state index is -4.24. The standard InChI is InChI=1S/C30H35ClFN3O5S/c1-5-21(3)33-30(37)28(6-2)34(19-22-7-11-24(32)12-8-22)29(36)20-35(25-13-9-23(31)10-14-25)41(38,39)27-17-15-26(40-4)16-18-27/h7-18,21,28H,5-6,19-20H2,1-4H3,(H,33,37)/t21-,28-/m1/s1. The van der Waals surface area contributed by atoms with E-state index in [-0.39, 0.29) is 35.5 Å². The first-order chi connectivity index (χ1) is 19.5. The topological polar surface area (TPSA) is 96.0 Å². The number of benzene rings is 3. The molecule has 0 aliphatic rings. The average molecular weight is 604 g/mol. The Bertz CT molecular complexity index is 1420. The van der Waals surface area contributed by atoms with E-state index in [2.05, 4.69) is 5.32 Å². The Hall–Kier alpha value is -3.63. The maximum absolute atomic E-state index is 14.0. The van der Waals surface area contributed by atoms with Crippen LogP contribution in [0.1, 0.15) is 39.2 Å². The minimum absolute atomic E-state index is 0.0252. The van der Waals surface area contributed by atoms with Crippen LogP contribution in [0.25, 0.3) is 0 Å². The fraction of sp³-hybridized carbons (Fsp3) is 0.333. The van der Waals surface area contributed by atoms with Crippen LogP contribution in [-0.2, 0) is 26.2 Å². The number of halogens is 2. The van der Waals surface area contributed by atoms with Crippen molar-refractivity contribution < 1.29 is 27.1 Å². The molecule has 0 aliphatic heterocycles. The fourth-order valence-corrected chi connectivity index (χ4v) is 5.70. The zero-order valence-corrected chi connectivity index (χ0v) is 25.1. The molecule has 2 amide bonds. The molecule has 8 nitrogen and oxygen atoms in total. The van der Waals surface area contributed by atoms with E-state index in [0.29, 0.717) is 22.8 Å². The summed E-state index contributed by atoms with van der Waals surface area (Å²) in [5, 5.41) is 3.31. The molecular weight excluding hydrogens is 569 g/mol. The van der Waals surface area contributed by atoms with Crippen LogP contribution in [-0.4, -0.2) is 50.9 Å². The molecule has 0 saturated carbocycles. The van der Waals surface area contributed by atoms with Gasteiger partial charge in [-0.2, -0.15) is 0 Å². The lowest BCUT2D eigenvalue weighted by Crippen LogP contribution is -2.53. The molecule has 0 unspecified atom stereocenters. The maximum Gasteiger partial charge on any atom is 0.264 e. The van der Waals surface area contributed by atoms with E-state index in [1.54, 1.807) is 6.92 Å². The molecule has 0 heterocycles. The van der Waals surface area contributed by atoms with E-state index >= 15 is 0 Å². The van der Waals surface area contributed by atoms with Crippen molar-refractivity contribution in [3.8, 4) is 5.75 Å².